The van der Waals surface area contributed by atoms with E-state index in [9.17, 15) is 9.59 Å². The van der Waals surface area contributed by atoms with Crippen LogP contribution < -0.4 is 0 Å². The summed E-state index contributed by atoms with van der Waals surface area (Å²) in [6.07, 6.45) is 4.11. The first-order chi connectivity index (χ1) is 12.1. The Labute approximate surface area is 149 Å². The van der Waals surface area contributed by atoms with E-state index >= 15 is 0 Å². The molecule has 2 unspecified atom stereocenters. The molecule has 130 valence electrons. The van der Waals surface area contributed by atoms with Crippen molar-refractivity contribution in [2.24, 2.45) is 5.92 Å². The second kappa shape index (κ2) is 7.64. The highest BCUT2D eigenvalue weighted by Crippen LogP contribution is 2.30. The van der Waals surface area contributed by atoms with Crippen LogP contribution in [0.5, 0.6) is 0 Å². The zero-order valence-electron chi connectivity index (χ0n) is 14.9. The number of hydrogen-bond donors (Lipinski definition) is 0. The van der Waals surface area contributed by atoms with Crippen molar-refractivity contribution in [1.29, 1.82) is 0 Å². The van der Waals surface area contributed by atoms with Crippen LogP contribution in [0.2, 0.25) is 0 Å². The number of benzene rings is 2. The molecule has 0 bridgehead atoms. The van der Waals surface area contributed by atoms with Crippen molar-refractivity contribution in [2.75, 3.05) is 0 Å². The van der Waals surface area contributed by atoms with Crippen molar-refractivity contribution in [3.05, 3.63) is 71.3 Å². The minimum atomic E-state index is -0.150. The molecule has 25 heavy (non-hydrogen) atoms. The first kappa shape index (κ1) is 17.4. The van der Waals surface area contributed by atoms with E-state index < -0.39 is 0 Å². The molecule has 0 radical (unpaired) electrons. The lowest BCUT2D eigenvalue weighted by molar-refractivity contribution is 0.0537. The Balaban J connectivity index is 1.84. The first-order valence-electron chi connectivity index (χ1n) is 9.14. The van der Waals surface area contributed by atoms with Gasteiger partial charge in [0.25, 0.3) is 11.8 Å². The average Bonchev–Trinajstić information content (AvgIpc) is 2.90. The standard InChI is InChI=1S/C22H25NO2/c1-3-4-12-18(15-17-10-6-5-7-11-17)16(2)23-21(24)19-13-8-9-14-20(19)22(23)25/h5-11,13-14,16,18H,3-4,12,15H2,1-2H3. The highest BCUT2D eigenvalue weighted by atomic mass is 16.2. The fourth-order valence-electron chi connectivity index (χ4n) is 3.69. The maximum Gasteiger partial charge on any atom is 0.261 e. The van der Waals surface area contributed by atoms with Gasteiger partial charge in [-0.25, -0.2) is 0 Å². The molecule has 1 heterocycles. The van der Waals surface area contributed by atoms with Gasteiger partial charge in [-0.1, -0.05) is 62.2 Å². The molecule has 1 aliphatic rings. The summed E-state index contributed by atoms with van der Waals surface area (Å²) in [4.78, 5) is 27.0. The third-order valence-electron chi connectivity index (χ3n) is 5.18. The number of amides is 2. The van der Waals surface area contributed by atoms with Crippen molar-refractivity contribution < 1.29 is 9.59 Å². The van der Waals surface area contributed by atoms with Crippen LogP contribution in [0.1, 0.15) is 59.4 Å². The van der Waals surface area contributed by atoms with Gasteiger partial charge >= 0.3 is 0 Å². The summed E-state index contributed by atoms with van der Waals surface area (Å²) in [6, 6.07) is 17.4. The van der Waals surface area contributed by atoms with Gasteiger partial charge in [-0.2, -0.15) is 0 Å². The third-order valence-corrected chi connectivity index (χ3v) is 5.18. The number of unbranched alkanes of at least 4 members (excludes halogenated alkanes) is 1. The molecule has 2 amide bonds. The maximum absolute atomic E-state index is 12.8. The van der Waals surface area contributed by atoms with E-state index in [-0.39, 0.29) is 23.8 Å². The number of carbonyl (C=O) groups excluding carboxylic acids is 2. The molecule has 2 aromatic rings. The Morgan fingerprint density at radius 3 is 2.00 bits per heavy atom. The summed E-state index contributed by atoms with van der Waals surface area (Å²) in [5.74, 6) is -0.0325. The van der Waals surface area contributed by atoms with E-state index in [0.717, 1.165) is 25.7 Å². The van der Waals surface area contributed by atoms with Crippen LogP contribution in [-0.4, -0.2) is 22.8 Å². The minimum Gasteiger partial charge on any atom is -0.271 e. The SMILES string of the molecule is CCCCC(Cc1ccccc1)C(C)N1C(=O)c2ccccc2C1=O. The summed E-state index contributed by atoms with van der Waals surface area (Å²) in [5.41, 5.74) is 2.33. The van der Waals surface area contributed by atoms with Crippen LogP contribution >= 0.6 is 0 Å². The highest BCUT2D eigenvalue weighted by Gasteiger charge is 2.40. The van der Waals surface area contributed by atoms with E-state index in [2.05, 4.69) is 19.1 Å². The van der Waals surface area contributed by atoms with Crippen LogP contribution in [-0.2, 0) is 6.42 Å². The van der Waals surface area contributed by atoms with Crippen LogP contribution in [0.15, 0.2) is 54.6 Å². The lowest BCUT2D eigenvalue weighted by Crippen LogP contribution is -2.43. The van der Waals surface area contributed by atoms with E-state index in [4.69, 9.17) is 0 Å². The molecule has 0 aromatic heterocycles. The predicted octanol–water partition coefficient (Wildman–Crippen LogP) is 4.72. The number of carbonyl (C=O) groups is 2. The summed E-state index contributed by atoms with van der Waals surface area (Å²) in [6.45, 7) is 4.19. The summed E-state index contributed by atoms with van der Waals surface area (Å²) in [5, 5.41) is 0. The van der Waals surface area contributed by atoms with Crippen molar-refractivity contribution in [1.82, 2.24) is 4.90 Å². The molecule has 0 N–H and O–H groups in total. The molecule has 0 saturated carbocycles. The van der Waals surface area contributed by atoms with Gasteiger partial charge in [0.05, 0.1) is 11.1 Å². The molecule has 0 spiro atoms. The van der Waals surface area contributed by atoms with Crippen molar-refractivity contribution in [2.45, 2.75) is 45.6 Å². The molecule has 3 heteroatoms. The summed E-state index contributed by atoms with van der Waals surface area (Å²) in [7, 11) is 0. The summed E-state index contributed by atoms with van der Waals surface area (Å²) >= 11 is 0. The second-order valence-corrected chi connectivity index (χ2v) is 6.86. The fourth-order valence-corrected chi connectivity index (χ4v) is 3.69. The summed E-state index contributed by atoms with van der Waals surface area (Å²) < 4.78 is 0. The Hall–Kier alpha value is -2.42. The molecular weight excluding hydrogens is 310 g/mol. The molecule has 3 nitrogen and oxygen atoms in total. The molecule has 0 aliphatic carbocycles. The lowest BCUT2D eigenvalue weighted by atomic mass is 9.87. The van der Waals surface area contributed by atoms with Gasteiger partial charge in [-0.15, -0.1) is 0 Å². The van der Waals surface area contributed by atoms with E-state index in [1.807, 2.05) is 37.3 Å². The van der Waals surface area contributed by atoms with Gasteiger partial charge in [0.15, 0.2) is 0 Å². The highest BCUT2D eigenvalue weighted by molar-refractivity contribution is 6.21. The number of hydrogen-bond acceptors (Lipinski definition) is 2. The zero-order valence-corrected chi connectivity index (χ0v) is 14.9. The van der Waals surface area contributed by atoms with Gasteiger partial charge in [0.2, 0.25) is 0 Å². The van der Waals surface area contributed by atoms with Crippen molar-refractivity contribution >= 4 is 11.8 Å². The van der Waals surface area contributed by atoms with Gasteiger partial charge < -0.3 is 0 Å². The second-order valence-electron chi connectivity index (χ2n) is 6.86. The number of fused-ring (bicyclic) bond motifs is 1. The topological polar surface area (TPSA) is 37.4 Å². The lowest BCUT2D eigenvalue weighted by Gasteiger charge is -2.31. The largest absolute Gasteiger partial charge is 0.271 e. The van der Waals surface area contributed by atoms with E-state index in [1.165, 1.54) is 10.5 Å². The molecule has 0 fully saturated rings. The van der Waals surface area contributed by atoms with Gasteiger partial charge in [-0.05, 0) is 43.4 Å². The van der Waals surface area contributed by atoms with Crippen LogP contribution in [0, 0.1) is 5.92 Å². The molecule has 1 aliphatic heterocycles. The zero-order chi connectivity index (χ0) is 17.8. The number of nitrogens with zero attached hydrogens (tertiary/aromatic N) is 1. The third kappa shape index (κ3) is 3.51. The van der Waals surface area contributed by atoms with E-state index in [1.54, 1.807) is 12.1 Å². The van der Waals surface area contributed by atoms with Crippen molar-refractivity contribution in [3.63, 3.8) is 0 Å². The molecule has 0 saturated heterocycles. The fraction of sp³-hybridized carbons (Fsp3) is 0.364. The predicted molar refractivity (Wildman–Crippen MR) is 99.6 cm³/mol. The minimum absolute atomic E-state index is 0.112. The van der Waals surface area contributed by atoms with Gasteiger partial charge in [0, 0.05) is 6.04 Å². The molecular formula is C22H25NO2. The Bertz CT molecular complexity index is 719. The van der Waals surface area contributed by atoms with Crippen LogP contribution in [0.4, 0.5) is 0 Å². The molecule has 2 aromatic carbocycles. The molecule has 3 rings (SSSR count). The van der Waals surface area contributed by atoms with Crippen LogP contribution in [0.3, 0.4) is 0 Å². The van der Waals surface area contributed by atoms with E-state index in [0.29, 0.717) is 11.1 Å². The number of rotatable bonds is 7. The number of imide groups is 1. The Morgan fingerprint density at radius 2 is 1.44 bits per heavy atom. The first-order valence-corrected chi connectivity index (χ1v) is 9.14. The molecule has 2 atom stereocenters. The van der Waals surface area contributed by atoms with Gasteiger partial charge in [-0.3, -0.25) is 14.5 Å². The maximum atomic E-state index is 12.8. The van der Waals surface area contributed by atoms with Crippen molar-refractivity contribution in [3.8, 4) is 0 Å². The Kier molecular flexibility index (Phi) is 5.32. The average molecular weight is 335 g/mol. The Morgan fingerprint density at radius 1 is 0.880 bits per heavy atom. The van der Waals surface area contributed by atoms with Gasteiger partial charge in [0.1, 0.15) is 0 Å². The van der Waals surface area contributed by atoms with Crippen LogP contribution in [0.25, 0.3) is 0 Å². The normalized spacial score (nSPS) is 16.0. The quantitative estimate of drug-likeness (QED) is 0.687. The smallest absolute Gasteiger partial charge is 0.261 e. The monoisotopic (exact) mass is 335 g/mol.